The highest BCUT2D eigenvalue weighted by Crippen LogP contribution is 2.23. The van der Waals surface area contributed by atoms with E-state index in [0.29, 0.717) is 27.2 Å². The van der Waals surface area contributed by atoms with Gasteiger partial charge in [0.05, 0.1) is 0 Å². The standard InChI is InChI=1S/C11H17N3OS2/c1-2-14-9(12)8(17-11(14)16)10(15)13-7-5-3-4-6-7/h7H,2-6,12H2,1H3,(H,13,15). The van der Waals surface area contributed by atoms with Gasteiger partial charge in [0.1, 0.15) is 10.7 Å². The normalized spacial score (nSPS) is 16.3. The van der Waals surface area contributed by atoms with Crippen molar-refractivity contribution in [3.8, 4) is 0 Å². The second kappa shape index (κ2) is 5.18. The van der Waals surface area contributed by atoms with Crippen LogP contribution >= 0.6 is 23.6 Å². The van der Waals surface area contributed by atoms with E-state index in [2.05, 4.69) is 5.32 Å². The van der Waals surface area contributed by atoms with E-state index in [1.807, 2.05) is 6.92 Å². The summed E-state index contributed by atoms with van der Waals surface area (Å²) in [7, 11) is 0. The number of nitrogens with one attached hydrogen (secondary N) is 1. The number of carbonyl (C=O) groups excluding carboxylic acids is 1. The van der Waals surface area contributed by atoms with Gasteiger partial charge in [-0.3, -0.25) is 4.79 Å². The third-order valence-corrected chi connectivity index (χ3v) is 4.61. The maximum absolute atomic E-state index is 12.1. The Hall–Kier alpha value is -0.880. The molecular formula is C11H17N3OS2. The molecule has 1 saturated carbocycles. The molecule has 0 unspecified atom stereocenters. The van der Waals surface area contributed by atoms with Crippen molar-refractivity contribution >= 4 is 35.3 Å². The number of amides is 1. The molecule has 1 heterocycles. The summed E-state index contributed by atoms with van der Waals surface area (Å²) in [5.74, 6) is 0.427. The van der Waals surface area contributed by atoms with Gasteiger partial charge >= 0.3 is 0 Å². The van der Waals surface area contributed by atoms with Crippen LogP contribution in [0.2, 0.25) is 0 Å². The van der Waals surface area contributed by atoms with Crippen LogP contribution in [-0.4, -0.2) is 16.5 Å². The Balaban J connectivity index is 2.16. The predicted octanol–water partition coefficient (Wildman–Crippen LogP) is 2.55. The fraction of sp³-hybridized carbons (Fsp3) is 0.636. The number of nitrogens with zero attached hydrogens (tertiary/aromatic N) is 1. The van der Waals surface area contributed by atoms with Crippen molar-refractivity contribution in [3.63, 3.8) is 0 Å². The molecule has 1 aliphatic carbocycles. The van der Waals surface area contributed by atoms with Crippen LogP contribution in [0.3, 0.4) is 0 Å². The van der Waals surface area contributed by atoms with E-state index in [9.17, 15) is 4.79 Å². The maximum atomic E-state index is 12.1. The second-order valence-electron chi connectivity index (χ2n) is 4.28. The molecule has 1 fully saturated rings. The van der Waals surface area contributed by atoms with Crippen molar-refractivity contribution in [2.24, 2.45) is 0 Å². The fourth-order valence-electron chi connectivity index (χ4n) is 2.20. The van der Waals surface area contributed by atoms with Crippen LogP contribution in [0.15, 0.2) is 0 Å². The Bertz CT molecular complexity index is 472. The first-order chi connectivity index (χ1) is 8.13. The molecule has 0 aromatic carbocycles. The van der Waals surface area contributed by atoms with Gasteiger partial charge in [-0.25, -0.2) is 0 Å². The van der Waals surface area contributed by atoms with Gasteiger partial charge < -0.3 is 15.6 Å². The molecule has 0 atom stereocenters. The van der Waals surface area contributed by atoms with Gasteiger partial charge in [-0.2, -0.15) is 0 Å². The molecule has 17 heavy (non-hydrogen) atoms. The molecule has 0 radical (unpaired) electrons. The van der Waals surface area contributed by atoms with Crippen LogP contribution in [0.1, 0.15) is 42.3 Å². The second-order valence-corrected chi connectivity index (χ2v) is 5.93. The Kier molecular flexibility index (Phi) is 3.83. The van der Waals surface area contributed by atoms with E-state index in [1.165, 1.54) is 24.2 Å². The van der Waals surface area contributed by atoms with Crippen LogP contribution in [0.4, 0.5) is 5.82 Å². The zero-order valence-electron chi connectivity index (χ0n) is 9.86. The largest absolute Gasteiger partial charge is 0.384 e. The zero-order chi connectivity index (χ0) is 12.4. The molecule has 0 aliphatic heterocycles. The molecule has 2 rings (SSSR count). The van der Waals surface area contributed by atoms with Crippen LogP contribution in [-0.2, 0) is 6.54 Å². The first-order valence-corrected chi connectivity index (χ1v) is 7.16. The summed E-state index contributed by atoms with van der Waals surface area (Å²) >= 11 is 6.48. The highest BCUT2D eigenvalue weighted by atomic mass is 32.1. The van der Waals surface area contributed by atoms with Crippen LogP contribution in [0, 0.1) is 3.95 Å². The summed E-state index contributed by atoms with van der Waals surface area (Å²) in [6.45, 7) is 2.68. The average Bonchev–Trinajstić information content (AvgIpc) is 2.87. The Morgan fingerprint density at radius 2 is 2.24 bits per heavy atom. The Morgan fingerprint density at radius 3 is 2.76 bits per heavy atom. The summed E-state index contributed by atoms with van der Waals surface area (Å²) in [6, 6.07) is 0.313. The Labute approximate surface area is 110 Å². The minimum absolute atomic E-state index is 0.0716. The first kappa shape index (κ1) is 12.6. The van der Waals surface area contributed by atoms with E-state index < -0.39 is 0 Å². The fourth-order valence-corrected chi connectivity index (χ4v) is 3.55. The van der Waals surface area contributed by atoms with Gasteiger partial charge in [-0.05, 0) is 32.0 Å². The topological polar surface area (TPSA) is 60.0 Å². The molecule has 3 N–H and O–H groups in total. The van der Waals surface area contributed by atoms with E-state index in [-0.39, 0.29) is 5.91 Å². The highest BCUT2D eigenvalue weighted by molar-refractivity contribution is 7.73. The first-order valence-electron chi connectivity index (χ1n) is 5.93. The lowest BCUT2D eigenvalue weighted by Gasteiger charge is -2.11. The molecule has 4 nitrogen and oxygen atoms in total. The van der Waals surface area contributed by atoms with E-state index >= 15 is 0 Å². The van der Waals surface area contributed by atoms with Crippen LogP contribution in [0.5, 0.6) is 0 Å². The number of hydrogen-bond acceptors (Lipinski definition) is 4. The molecule has 1 aliphatic rings. The minimum atomic E-state index is -0.0716. The summed E-state index contributed by atoms with van der Waals surface area (Å²) in [6.07, 6.45) is 4.55. The van der Waals surface area contributed by atoms with Crippen molar-refractivity contribution in [1.82, 2.24) is 9.88 Å². The van der Waals surface area contributed by atoms with Crippen molar-refractivity contribution < 1.29 is 4.79 Å². The molecule has 0 saturated heterocycles. The van der Waals surface area contributed by atoms with E-state index in [1.54, 1.807) is 4.57 Å². The average molecular weight is 271 g/mol. The van der Waals surface area contributed by atoms with Gasteiger partial charge in [0, 0.05) is 12.6 Å². The zero-order valence-corrected chi connectivity index (χ0v) is 11.5. The lowest BCUT2D eigenvalue weighted by atomic mass is 10.2. The SMILES string of the molecule is CCn1c(N)c(C(=O)NC2CCCC2)sc1=S. The van der Waals surface area contributed by atoms with Gasteiger partial charge in [0.15, 0.2) is 3.95 Å². The number of nitrogens with two attached hydrogens (primary N) is 1. The molecule has 94 valence electrons. The highest BCUT2D eigenvalue weighted by Gasteiger charge is 2.21. The van der Waals surface area contributed by atoms with E-state index in [4.69, 9.17) is 18.0 Å². The summed E-state index contributed by atoms with van der Waals surface area (Å²) in [5, 5.41) is 3.03. The molecule has 1 amide bonds. The molecule has 0 spiro atoms. The lowest BCUT2D eigenvalue weighted by Crippen LogP contribution is -2.32. The molecule has 0 bridgehead atoms. The molecule has 6 heteroatoms. The number of anilines is 1. The number of rotatable bonds is 3. The van der Waals surface area contributed by atoms with Crippen molar-refractivity contribution in [2.75, 3.05) is 5.73 Å². The van der Waals surface area contributed by atoms with Gasteiger partial charge in [0.2, 0.25) is 0 Å². The molecular weight excluding hydrogens is 254 g/mol. The van der Waals surface area contributed by atoms with Gasteiger partial charge in [0.25, 0.3) is 5.91 Å². The van der Waals surface area contributed by atoms with E-state index in [0.717, 1.165) is 12.8 Å². The number of carbonyl (C=O) groups is 1. The lowest BCUT2D eigenvalue weighted by molar-refractivity contribution is 0.0942. The third kappa shape index (κ3) is 2.52. The molecule has 1 aromatic rings. The van der Waals surface area contributed by atoms with Crippen molar-refractivity contribution in [3.05, 3.63) is 8.83 Å². The number of hydrogen-bond donors (Lipinski definition) is 2. The van der Waals surface area contributed by atoms with Crippen molar-refractivity contribution in [1.29, 1.82) is 0 Å². The van der Waals surface area contributed by atoms with Crippen molar-refractivity contribution in [2.45, 2.75) is 45.2 Å². The Morgan fingerprint density at radius 1 is 1.59 bits per heavy atom. The number of thiazole rings is 1. The maximum Gasteiger partial charge on any atom is 0.265 e. The quantitative estimate of drug-likeness (QED) is 0.831. The summed E-state index contributed by atoms with van der Waals surface area (Å²) < 4.78 is 2.46. The van der Waals surface area contributed by atoms with Crippen LogP contribution < -0.4 is 11.1 Å². The van der Waals surface area contributed by atoms with Crippen LogP contribution in [0.25, 0.3) is 0 Å². The molecule has 1 aromatic heterocycles. The number of nitrogen functional groups attached to an aromatic ring is 1. The predicted molar refractivity (Wildman–Crippen MR) is 73.0 cm³/mol. The monoisotopic (exact) mass is 271 g/mol. The van der Waals surface area contributed by atoms with Gasteiger partial charge in [-0.15, -0.1) is 0 Å². The summed E-state index contributed by atoms with van der Waals surface area (Å²) in [4.78, 5) is 12.6. The smallest absolute Gasteiger partial charge is 0.265 e. The third-order valence-electron chi connectivity index (χ3n) is 3.15. The summed E-state index contributed by atoms with van der Waals surface area (Å²) in [5.41, 5.74) is 5.94. The minimum Gasteiger partial charge on any atom is -0.384 e. The number of aromatic nitrogens is 1. The van der Waals surface area contributed by atoms with Gasteiger partial charge in [-0.1, -0.05) is 24.2 Å².